The predicted octanol–water partition coefficient (Wildman–Crippen LogP) is 6.27. The van der Waals surface area contributed by atoms with E-state index in [1.165, 1.54) is 0 Å². The summed E-state index contributed by atoms with van der Waals surface area (Å²) in [4.78, 5) is 0. The van der Waals surface area contributed by atoms with Crippen LogP contribution in [0.5, 0.6) is 0 Å². The van der Waals surface area contributed by atoms with Gasteiger partial charge < -0.3 is 14.2 Å². The van der Waals surface area contributed by atoms with Gasteiger partial charge in [-0.2, -0.15) is 0 Å². The molecule has 0 unspecified atom stereocenters. The molecule has 25 heavy (non-hydrogen) atoms. The molecular weight excluding hydrogens is 495 g/mol. The Hall–Kier alpha value is -0.140. The van der Waals surface area contributed by atoms with E-state index in [9.17, 15) is 0 Å². The zero-order valence-electron chi connectivity index (χ0n) is 13.4. The summed E-state index contributed by atoms with van der Waals surface area (Å²) < 4.78 is 18.5. The van der Waals surface area contributed by atoms with Crippen molar-refractivity contribution < 1.29 is 14.2 Å². The van der Waals surface area contributed by atoms with Gasteiger partial charge in [-0.1, -0.05) is 67.2 Å². The van der Waals surface area contributed by atoms with Gasteiger partial charge in [-0.25, -0.2) is 0 Å². The third-order valence-electron chi connectivity index (χ3n) is 3.29. The van der Waals surface area contributed by atoms with Crippen LogP contribution in [-0.4, -0.2) is 26.4 Å². The lowest BCUT2D eigenvalue weighted by Gasteiger charge is -2.09. The Morgan fingerprint density at radius 1 is 0.640 bits per heavy atom. The summed E-state index contributed by atoms with van der Waals surface area (Å²) in [5, 5.41) is 1.38. The number of hydrogen-bond acceptors (Lipinski definition) is 3. The van der Waals surface area contributed by atoms with Crippen molar-refractivity contribution in [2.75, 3.05) is 26.4 Å². The van der Waals surface area contributed by atoms with E-state index >= 15 is 0 Å². The van der Waals surface area contributed by atoms with Crippen LogP contribution in [0.4, 0.5) is 0 Å². The van der Waals surface area contributed by atoms with E-state index in [2.05, 4.69) is 31.9 Å². The minimum atomic E-state index is 0.466. The van der Waals surface area contributed by atoms with E-state index in [-0.39, 0.29) is 0 Å². The maximum Gasteiger partial charge on any atom is 0.0732 e. The molecule has 3 nitrogen and oxygen atoms in total. The highest BCUT2D eigenvalue weighted by atomic mass is 79.9. The van der Waals surface area contributed by atoms with E-state index in [0.717, 1.165) is 20.1 Å². The lowest BCUT2D eigenvalue weighted by molar-refractivity contribution is 0.00706. The third kappa shape index (κ3) is 7.95. The lowest BCUT2D eigenvalue weighted by atomic mass is 10.2. The van der Waals surface area contributed by atoms with Crippen molar-refractivity contribution in [3.05, 3.63) is 66.5 Å². The zero-order valence-corrected chi connectivity index (χ0v) is 18.1. The standard InChI is InChI=1S/C18H18Br2Cl2O3/c19-15-3-1-13(17(21)9-15)11-24-7-5-23-6-8-25-12-14-2-4-16(20)10-18(14)22/h1-4,9-10H,5-8,11-12H2. The Morgan fingerprint density at radius 2 is 1.04 bits per heavy atom. The van der Waals surface area contributed by atoms with Crippen LogP contribution in [-0.2, 0) is 27.4 Å². The van der Waals surface area contributed by atoms with Gasteiger partial charge >= 0.3 is 0 Å². The molecule has 0 aromatic heterocycles. The molecule has 2 aromatic carbocycles. The van der Waals surface area contributed by atoms with E-state index in [0.29, 0.717) is 49.7 Å². The maximum absolute atomic E-state index is 6.13. The molecule has 7 heteroatoms. The average Bonchev–Trinajstić information content (AvgIpc) is 2.56. The van der Waals surface area contributed by atoms with Crippen molar-refractivity contribution in [1.29, 1.82) is 0 Å². The Bertz CT molecular complexity index is 626. The normalized spacial score (nSPS) is 11.0. The second kappa shape index (κ2) is 11.5. The molecule has 136 valence electrons. The minimum Gasteiger partial charge on any atom is -0.377 e. The SMILES string of the molecule is Clc1cc(Br)ccc1COCCOCCOCc1ccc(Br)cc1Cl. The first-order chi connectivity index (χ1) is 12.1. The molecule has 0 aliphatic rings. The van der Waals surface area contributed by atoms with Gasteiger partial charge in [0.05, 0.1) is 39.6 Å². The van der Waals surface area contributed by atoms with Crippen LogP contribution in [0.2, 0.25) is 10.0 Å². The van der Waals surface area contributed by atoms with E-state index in [1.807, 2.05) is 36.4 Å². The Kier molecular flexibility index (Phi) is 9.78. The first-order valence-electron chi connectivity index (χ1n) is 7.67. The highest BCUT2D eigenvalue weighted by Crippen LogP contribution is 2.22. The van der Waals surface area contributed by atoms with Gasteiger partial charge in [0.25, 0.3) is 0 Å². The van der Waals surface area contributed by atoms with Crippen molar-refractivity contribution in [3.8, 4) is 0 Å². The number of halogens is 4. The molecule has 0 heterocycles. The van der Waals surface area contributed by atoms with Crippen LogP contribution in [0.1, 0.15) is 11.1 Å². The van der Waals surface area contributed by atoms with Crippen molar-refractivity contribution in [3.63, 3.8) is 0 Å². The summed E-state index contributed by atoms with van der Waals surface area (Å²) in [7, 11) is 0. The summed E-state index contributed by atoms with van der Waals surface area (Å²) in [5.74, 6) is 0. The van der Waals surface area contributed by atoms with Gasteiger partial charge in [-0.05, 0) is 35.4 Å². The summed E-state index contributed by atoms with van der Waals surface area (Å²) in [5.41, 5.74) is 1.92. The summed E-state index contributed by atoms with van der Waals surface area (Å²) in [6.45, 7) is 2.96. The van der Waals surface area contributed by atoms with Gasteiger partial charge in [-0.15, -0.1) is 0 Å². The first kappa shape index (κ1) is 21.2. The fourth-order valence-electron chi connectivity index (χ4n) is 1.98. The predicted molar refractivity (Wildman–Crippen MR) is 108 cm³/mol. The molecule has 0 saturated heterocycles. The summed E-state index contributed by atoms with van der Waals surface area (Å²) in [6, 6.07) is 11.5. The zero-order chi connectivity index (χ0) is 18.1. The van der Waals surface area contributed by atoms with Crippen LogP contribution in [0.15, 0.2) is 45.3 Å². The van der Waals surface area contributed by atoms with Crippen molar-refractivity contribution >= 4 is 55.1 Å². The molecule has 0 radical (unpaired) electrons. The van der Waals surface area contributed by atoms with Crippen LogP contribution >= 0.6 is 55.1 Å². The minimum absolute atomic E-state index is 0.466. The number of rotatable bonds is 10. The van der Waals surface area contributed by atoms with Crippen molar-refractivity contribution in [1.82, 2.24) is 0 Å². The van der Waals surface area contributed by atoms with Gasteiger partial charge in [-0.3, -0.25) is 0 Å². The second-order valence-electron chi connectivity index (χ2n) is 5.19. The third-order valence-corrected chi connectivity index (χ3v) is 4.98. The van der Waals surface area contributed by atoms with Crippen LogP contribution in [0.25, 0.3) is 0 Å². The Morgan fingerprint density at radius 3 is 1.44 bits per heavy atom. The number of benzene rings is 2. The molecule has 2 rings (SSSR count). The van der Waals surface area contributed by atoms with Crippen LogP contribution < -0.4 is 0 Å². The van der Waals surface area contributed by atoms with Crippen molar-refractivity contribution in [2.24, 2.45) is 0 Å². The Labute approximate surface area is 174 Å². The smallest absolute Gasteiger partial charge is 0.0732 e. The van der Waals surface area contributed by atoms with Crippen LogP contribution in [0, 0.1) is 0 Å². The first-order valence-corrected chi connectivity index (χ1v) is 10.0. The quantitative estimate of drug-likeness (QED) is 0.351. The molecule has 0 N–H and O–H groups in total. The molecule has 0 aliphatic carbocycles. The van der Waals surface area contributed by atoms with Gasteiger partial charge in [0.1, 0.15) is 0 Å². The summed E-state index contributed by atoms with van der Waals surface area (Å²) >= 11 is 19.0. The molecule has 0 saturated carbocycles. The van der Waals surface area contributed by atoms with E-state index < -0.39 is 0 Å². The molecule has 0 aliphatic heterocycles. The van der Waals surface area contributed by atoms with E-state index in [1.54, 1.807) is 0 Å². The van der Waals surface area contributed by atoms with Gasteiger partial charge in [0.2, 0.25) is 0 Å². The fourth-order valence-corrected chi connectivity index (χ4v) is 3.44. The number of ether oxygens (including phenoxy) is 3. The molecular formula is C18H18Br2Cl2O3. The molecule has 0 spiro atoms. The van der Waals surface area contributed by atoms with E-state index in [4.69, 9.17) is 37.4 Å². The Balaban J connectivity index is 1.51. The second-order valence-corrected chi connectivity index (χ2v) is 7.83. The molecule has 0 atom stereocenters. The van der Waals surface area contributed by atoms with Crippen LogP contribution in [0.3, 0.4) is 0 Å². The summed E-state index contributed by atoms with van der Waals surface area (Å²) in [6.07, 6.45) is 0. The molecule has 2 aromatic rings. The van der Waals surface area contributed by atoms with Crippen molar-refractivity contribution in [2.45, 2.75) is 13.2 Å². The monoisotopic (exact) mass is 510 g/mol. The molecule has 0 fully saturated rings. The highest BCUT2D eigenvalue weighted by Gasteiger charge is 2.02. The average molecular weight is 513 g/mol. The van der Waals surface area contributed by atoms with Gasteiger partial charge in [0, 0.05) is 19.0 Å². The number of hydrogen-bond donors (Lipinski definition) is 0. The molecule has 0 amide bonds. The highest BCUT2D eigenvalue weighted by molar-refractivity contribution is 9.10. The maximum atomic E-state index is 6.13. The lowest BCUT2D eigenvalue weighted by Crippen LogP contribution is -2.09. The van der Waals surface area contributed by atoms with Gasteiger partial charge in [0.15, 0.2) is 0 Å². The topological polar surface area (TPSA) is 27.7 Å². The largest absolute Gasteiger partial charge is 0.377 e. The fraction of sp³-hybridized carbons (Fsp3) is 0.333. The molecule has 0 bridgehead atoms.